The van der Waals surface area contributed by atoms with E-state index in [-0.39, 0.29) is 25.0 Å². The lowest BCUT2D eigenvalue weighted by Gasteiger charge is -2.09. The van der Waals surface area contributed by atoms with E-state index in [4.69, 9.17) is 9.47 Å². The summed E-state index contributed by atoms with van der Waals surface area (Å²) in [5, 5.41) is 5.23. The minimum absolute atomic E-state index is 0.125. The Morgan fingerprint density at radius 3 is 2.36 bits per heavy atom. The number of hydrogen-bond donors (Lipinski definition) is 2. The van der Waals surface area contributed by atoms with Crippen LogP contribution in [0, 0.1) is 6.92 Å². The van der Waals surface area contributed by atoms with E-state index in [2.05, 4.69) is 26.6 Å². The van der Waals surface area contributed by atoms with Gasteiger partial charge in [0.15, 0.2) is 6.61 Å². The van der Waals surface area contributed by atoms with Crippen molar-refractivity contribution in [1.29, 1.82) is 0 Å². The lowest BCUT2D eigenvalue weighted by Crippen LogP contribution is -2.35. The Balaban J connectivity index is 1.73. The van der Waals surface area contributed by atoms with E-state index in [0.717, 1.165) is 10.0 Å². The number of hydrogen-bond acceptors (Lipinski definition) is 4. The summed E-state index contributed by atoms with van der Waals surface area (Å²) in [5.74, 6) is 0.569. The quantitative estimate of drug-likeness (QED) is 0.740. The van der Waals surface area contributed by atoms with Crippen molar-refractivity contribution in [3.8, 4) is 11.5 Å². The van der Waals surface area contributed by atoms with Gasteiger partial charge in [-0.25, -0.2) is 0 Å². The highest BCUT2D eigenvalue weighted by Gasteiger charge is 2.07. The number of ether oxygens (including phenoxy) is 2. The van der Waals surface area contributed by atoms with Crippen molar-refractivity contribution in [2.24, 2.45) is 0 Å². The summed E-state index contributed by atoms with van der Waals surface area (Å²) in [4.78, 5) is 23.6. The van der Waals surface area contributed by atoms with Crippen LogP contribution in [0.3, 0.4) is 0 Å². The first kappa shape index (κ1) is 18.8. The van der Waals surface area contributed by atoms with Crippen molar-refractivity contribution in [3.05, 3.63) is 52.5 Å². The average molecular weight is 407 g/mol. The molecule has 2 N–H and O–H groups in total. The normalized spacial score (nSPS) is 10.0. The van der Waals surface area contributed by atoms with Crippen molar-refractivity contribution in [2.45, 2.75) is 6.92 Å². The van der Waals surface area contributed by atoms with E-state index in [1.165, 1.54) is 0 Å². The zero-order valence-corrected chi connectivity index (χ0v) is 15.6. The number of carbonyl (C=O) groups is 2. The minimum Gasteiger partial charge on any atom is -0.497 e. The molecule has 0 saturated carbocycles. The van der Waals surface area contributed by atoms with Crippen LogP contribution in [-0.4, -0.2) is 32.1 Å². The maximum atomic E-state index is 11.9. The molecule has 0 aromatic heterocycles. The van der Waals surface area contributed by atoms with Crippen LogP contribution in [0.15, 0.2) is 46.9 Å². The third kappa shape index (κ3) is 6.11. The van der Waals surface area contributed by atoms with Crippen LogP contribution in [0.2, 0.25) is 0 Å². The van der Waals surface area contributed by atoms with Gasteiger partial charge in [-0.3, -0.25) is 9.59 Å². The van der Waals surface area contributed by atoms with Gasteiger partial charge in [0.2, 0.25) is 5.91 Å². The molecule has 0 atom stereocenters. The number of methoxy groups -OCH3 is 1. The van der Waals surface area contributed by atoms with Crippen LogP contribution in [0.25, 0.3) is 0 Å². The first-order chi connectivity index (χ1) is 12.0. The zero-order valence-electron chi connectivity index (χ0n) is 14.0. The van der Waals surface area contributed by atoms with Gasteiger partial charge in [0.25, 0.3) is 5.91 Å². The van der Waals surface area contributed by atoms with Gasteiger partial charge in [-0.05, 0) is 55.0 Å². The molecule has 0 saturated heterocycles. The third-order valence-electron chi connectivity index (χ3n) is 3.32. The van der Waals surface area contributed by atoms with E-state index in [9.17, 15) is 9.59 Å². The predicted molar refractivity (Wildman–Crippen MR) is 99.0 cm³/mol. The average Bonchev–Trinajstić information content (AvgIpc) is 2.61. The molecule has 0 aliphatic heterocycles. The predicted octanol–water partition coefficient (Wildman–Crippen LogP) is 2.90. The number of halogens is 1. The maximum absolute atomic E-state index is 11.9. The SMILES string of the molecule is COc1ccc(OCC(=O)NCC(=O)Nc2ccc(Br)c(C)c2)cc1. The summed E-state index contributed by atoms with van der Waals surface area (Å²) in [7, 11) is 1.57. The number of rotatable bonds is 7. The molecule has 2 rings (SSSR count). The van der Waals surface area contributed by atoms with Crippen LogP contribution in [-0.2, 0) is 9.59 Å². The van der Waals surface area contributed by atoms with Crippen molar-refractivity contribution in [3.63, 3.8) is 0 Å². The Kier molecular flexibility index (Phi) is 6.82. The second kappa shape index (κ2) is 9.08. The monoisotopic (exact) mass is 406 g/mol. The molecule has 7 heteroatoms. The molecular weight excluding hydrogens is 388 g/mol. The van der Waals surface area contributed by atoms with Crippen molar-refractivity contribution < 1.29 is 19.1 Å². The molecule has 0 radical (unpaired) electrons. The first-order valence-corrected chi connectivity index (χ1v) is 8.37. The van der Waals surface area contributed by atoms with Crippen molar-refractivity contribution in [2.75, 3.05) is 25.6 Å². The van der Waals surface area contributed by atoms with Crippen LogP contribution < -0.4 is 20.1 Å². The molecule has 0 aliphatic carbocycles. The molecule has 2 aromatic carbocycles. The van der Waals surface area contributed by atoms with Crippen LogP contribution in [0.1, 0.15) is 5.56 Å². The summed E-state index contributed by atoms with van der Waals surface area (Å²) in [6.07, 6.45) is 0. The van der Waals surface area contributed by atoms with E-state index < -0.39 is 0 Å². The summed E-state index contributed by atoms with van der Waals surface area (Å²) < 4.78 is 11.3. The number of carbonyl (C=O) groups excluding carboxylic acids is 2. The fraction of sp³-hybridized carbons (Fsp3) is 0.222. The van der Waals surface area contributed by atoms with E-state index in [1.807, 2.05) is 19.1 Å². The number of aryl methyl sites for hydroxylation is 1. The topological polar surface area (TPSA) is 76.7 Å². The molecule has 0 bridgehead atoms. The maximum Gasteiger partial charge on any atom is 0.258 e. The summed E-state index contributed by atoms with van der Waals surface area (Å²) in [6.45, 7) is 1.63. The highest BCUT2D eigenvalue weighted by Crippen LogP contribution is 2.20. The molecular formula is C18H19BrN2O4. The summed E-state index contributed by atoms with van der Waals surface area (Å²) >= 11 is 3.40. The van der Waals surface area contributed by atoms with Gasteiger partial charge in [0.1, 0.15) is 11.5 Å². The van der Waals surface area contributed by atoms with Gasteiger partial charge < -0.3 is 20.1 Å². The summed E-state index contributed by atoms with van der Waals surface area (Å²) in [5.41, 5.74) is 1.68. The zero-order chi connectivity index (χ0) is 18.2. The van der Waals surface area contributed by atoms with Gasteiger partial charge in [0.05, 0.1) is 13.7 Å². The molecule has 0 unspecified atom stereocenters. The van der Waals surface area contributed by atoms with Crippen molar-refractivity contribution >= 4 is 33.4 Å². The highest BCUT2D eigenvalue weighted by molar-refractivity contribution is 9.10. The van der Waals surface area contributed by atoms with Gasteiger partial charge in [-0.15, -0.1) is 0 Å². The number of amides is 2. The molecule has 0 aliphatic rings. The third-order valence-corrected chi connectivity index (χ3v) is 4.21. The van der Waals surface area contributed by atoms with Crippen LogP contribution in [0.5, 0.6) is 11.5 Å². The van der Waals surface area contributed by atoms with Crippen molar-refractivity contribution in [1.82, 2.24) is 5.32 Å². The minimum atomic E-state index is -0.377. The Labute approximate surface area is 154 Å². The van der Waals surface area contributed by atoms with E-state index in [1.54, 1.807) is 37.4 Å². The second-order valence-corrected chi connectivity index (χ2v) is 6.11. The number of benzene rings is 2. The molecule has 0 fully saturated rings. The molecule has 0 spiro atoms. The van der Waals surface area contributed by atoms with E-state index >= 15 is 0 Å². The number of nitrogens with one attached hydrogen (secondary N) is 2. The lowest BCUT2D eigenvalue weighted by atomic mass is 10.2. The summed E-state index contributed by atoms with van der Waals surface area (Å²) in [6, 6.07) is 12.4. The van der Waals surface area contributed by atoms with Crippen LogP contribution in [0.4, 0.5) is 5.69 Å². The Morgan fingerprint density at radius 1 is 1.04 bits per heavy atom. The largest absolute Gasteiger partial charge is 0.497 e. The standard InChI is InChI=1S/C18H19BrN2O4/c1-12-9-13(3-8-16(12)19)21-17(22)10-20-18(23)11-25-15-6-4-14(24-2)5-7-15/h3-9H,10-11H2,1-2H3,(H,20,23)(H,21,22). The molecule has 132 valence electrons. The van der Waals surface area contributed by atoms with Gasteiger partial charge in [-0.2, -0.15) is 0 Å². The fourth-order valence-corrected chi connectivity index (χ4v) is 2.22. The Morgan fingerprint density at radius 2 is 1.72 bits per heavy atom. The van der Waals surface area contributed by atoms with Gasteiger partial charge in [0, 0.05) is 10.2 Å². The Bertz CT molecular complexity index is 747. The Hall–Kier alpha value is -2.54. The molecule has 6 nitrogen and oxygen atoms in total. The van der Waals surface area contributed by atoms with Gasteiger partial charge >= 0.3 is 0 Å². The van der Waals surface area contributed by atoms with Crippen LogP contribution >= 0.6 is 15.9 Å². The lowest BCUT2D eigenvalue weighted by molar-refractivity contribution is -0.125. The highest BCUT2D eigenvalue weighted by atomic mass is 79.9. The molecule has 25 heavy (non-hydrogen) atoms. The smallest absolute Gasteiger partial charge is 0.258 e. The molecule has 0 heterocycles. The first-order valence-electron chi connectivity index (χ1n) is 7.57. The fourth-order valence-electron chi connectivity index (χ4n) is 1.98. The number of anilines is 1. The second-order valence-electron chi connectivity index (χ2n) is 5.25. The molecule has 2 aromatic rings. The molecule has 2 amide bonds. The van der Waals surface area contributed by atoms with Gasteiger partial charge in [-0.1, -0.05) is 15.9 Å². The van der Waals surface area contributed by atoms with E-state index in [0.29, 0.717) is 17.2 Å².